The van der Waals surface area contributed by atoms with Crippen molar-refractivity contribution in [3.05, 3.63) is 48.0 Å². The molecule has 3 N–H and O–H groups in total. The number of ether oxygens (including phenoxy) is 1. The minimum atomic E-state index is -0.671. The van der Waals surface area contributed by atoms with E-state index in [0.29, 0.717) is 18.8 Å². The number of carbonyl (C=O) groups is 2. The van der Waals surface area contributed by atoms with Crippen LogP contribution in [0.15, 0.2) is 42.5 Å². The van der Waals surface area contributed by atoms with Gasteiger partial charge in [-0.3, -0.25) is 4.79 Å². The van der Waals surface area contributed by atoms with Crippen LogP contribution in [0.2, 0.25) is 0 Å². The Labute approximate surface area is 149 Å². The van der Waals surface area contributed by atoms with Gasteiger partial charge in [0.15, 0.2) is 17.2 Å². The van der Waals surface area contributed by atoms with Crippen molar-refractivity contribution in [1.29, 1.82) is 0 Å². The van der Waals surface area contributed by atoms with Crippen molar-refractivity contribution in [3.8, 4) is 23.0 Å². The fourth-order valence-electron chi connectivity index (χ4n) is 2.66. The van der Waals surface area contributed by atoms with E-state index in [1.807, 2.05) is 6.07 Å². The number of benzene rings is 2. The van der Waals surface area contributed by atoms with E-state index in [-0.39, 0.29) is 18.7 Å². The molecule has 8 nitrogen and oxygen atoms in total. The summed E-state index contributed by atoms with van der Waals surface area (Å²) in [6.07, 6.45) is -0.483. The molecule has 1 heterocycles. The molecule has 8 heteroatoms. The second-order valence-electron chi connectivity index (χ2n) is 5.82. The largest absolute Gasteiger partial charge is 0.504 e. The number of aromatic hydroxyl groups is 3. The normalized spacial score (nSPS) is 14.2. The predicted molar refractivity (Wildman–Crippen MR) is 91.4 cm³/mol. The number of amides is 2. The molecular formula is C18H18N2O6. The first-order valence-corrected chi connectivity index (χ1v) is 8.01. The Bertz CT molecular complexity index is 793. The van der Waals surface area contributed by atoms with Crippen molar-refractivity contribution >= 4 is 12.0 Å². The van der Waals surface area contributed by atoms with Gasteiger partial charge in [-0.1, -0.05) is 18.2 Å². The standard InChI is InChI=1S/C18H18N2O6/c21-14-10-12(11-15(22)16(14)23)17(24)19-6-8-20(9-7-19)18(25)26-13-4-2-1-3-5-13/h1-5,10-11,21-23H,6-9H2. The molecule has 1 aliphatic heterocycles. The number of piperazine rings is 1. The number of hydrogen-bond donors (Lipinski definition) is 3. The minimum absolute atomic E-state index is 0.0538. The smallest absolute Gasteiger partial charge is 0.415 e. The number of rotatable bonds is 2. The molecule has 2 amide bonds. The van der Waals surface area contributed by atoms with Crippen molar-refractivity contribution < 1.29 is 29.6 Å². The van der Waals surface area contributed by atoms with Crippen LogP contribution >= 0.6 is 0 Å². The summed E-state index contributed by atoms with van der Waals surface area (Å²) in [5.74, 6) is -1.77. The lowest BCUT2D eigenvalue weighted by Gasteiger charge is -2.34. The van der Waals surface area contributed by atoms with Gasteiger partial charge in [-0.25, -0.2) is 4.79 Å². The molecule has 0 atom stereocenters. The SMILES string of the molecule is O=C(Oc1ccccc1)N1CCN(C(=O)c2cc(O)c(O)c(O)c2)CC1. The van der Waals surface area contributed by atoms with Crippen molar-refractivity contribution in [2.24, 2.45) is 0 Å². The zero-order valence-corrected chi connectivity index (χ0v) is 13.8. The number of hydrogen-bond acceptors (Lipinski definition) is 6. The second kappa shape index (κ2) is 7.22. The number of carbonyl (C=O) groups excluding carboxylic acids is 2. The first kappa shape index (κ1) is 17.4. The molecule has 1 fully saturated rings. The summed E-state index contributed by atoms with van der Waals surface area (Å²) < 4.78 is 5.27. The van der Waals surface area contributed by atoms with Gasteiger partial charge in [-0.15, -0.1) is 0 Å². The summed E-state index contributed by atoms with van der Waals surface area (Å²) in [4.78, 5) is 27.6. The highest BCUT2D eigenvalue weighted by Crippen LogP contribution is 2.35. The second-order valence-corrected chi connectivity index (χ2v) is 5.82. The highest BCUT2D eigenvalue weighted by Gasteiger charge is 2.27. The summed E-state index contributed by atoms with van der Waals surface area (Å²) >= 11 is 0. The molecular weight excluding hydrogens is 340 g/mol. The maximum Gasteiger partial charge on any atom is 0.415 e. The first-order chi connectivity index (χ1) is 12.5. The summed E-state index contributed by atoms with van der Waals surface area (Å²) in [7, 11) is 0. The van der Waals surface area contributed by atoms with Crippen LogP contribution in [0.4, 0.5) is 4.79 Å². The zero-order valence-electron chi connectivity index (χ0n) is 13.8. The van der Waals surface area contributed by atoms with E-state index in [2.05, 4.69) is 0 Å². The zero-order chi connectivity index (χ0) is 18.7. The topological polar surface area (TPSA) is 111 Å². The molecule has 0 radical (unpaired) electrons. The molecule has 0 spiro atoms. The molecule has 1 saturated heterocycles. The van der Waals surface area contributed by atoms with Gasteiger partial charge in [0.2, 0.25) is 0 Å². The van der Waals surface area contributed by atoms with E-state index in [1.54, 1.807) is 24.3 Å². The van der Waals surface area contributed by atoms with Gasteiger partial charge in [-0.05, 0) is 24.3 Å². The van der Waals surface area contributed by atoms with E-state index >= 15 is 0 Å². The highest BCUT2D eigenvalue weighted by molar-refractivity contribution is 5.95. The lowest BCUT2D eigenvalue weighted by Crippen LogP contribution is -2.51. The van der Waals surface area contributed by atoms with E-state index in [4.69, 9.17) is 4.74 Å². The first-order valence-electron chi connectivity index (χ1n) is 8.01. The van der Waals surface area contributed by atoms with Crippen LogP contribution in [0.1, 0.15) is 10.4 Å². The molecule has 0 saturated carbocycles. The number of para-hydroxylation sites is 1. The molecule has 26 heavy (non-hydrogen) atoms. The van der Waals surface area contributed by atoms with Crippen molar-refractivity contribution in [3.63, 3.8) is 0 Å². The van der Waals surface area contributed by atoms with E-state index in [1.165, 1.54) is 9.80 Å². The molecule has 3 rings (SSSR count). The molecule has 2 aromatic rings. The van der Waals surface area contributed by atoms with Crippen LogP contribution < -0.4 is 4.74 Å². The average molecular weight is 358 g/mol. The minimum Gasteiger partial charge on any atom is -0.504 e. The number of nitrogens with zero attached hydrogens (tertiary/aromatic N) is 2. The van der Waals surface area contributed by atoms with E-state index < -0.39 is 29.2 Å². The summed E-state index contributed by atoms with van der Waals surface area (Å²) in [5.41, 5.74) is 0.0538. The predicted octanol–water partition coefficient (Wildman–Crippen LogP) is 1.76. The third-order valence-electron chi connectivity index (χ3n) is 4.09. The maximum absolute atomic E-state index is 12.5. The third kappa shape index (κ3) is 3.64. The van der Waals surface area contributed by atoms with Gasteiger partial charge in [0, 0.05) is 31.7 Å². The monoisotopic (exact) mass is 358 g/mol. The molecule has 136 valence electrons. The Morgan fingerprint density at radius 1 is 0.846 bits per heavy atom. The van der Waals surface area contributed by atoms with Crippen molar-refractivity contribution in [2.45, 2.75) is 0 Å². The van der Waals surface area contributed by atoms with Crippen LogP contribution in [0.5, 0.6) is 23.0 Å². The van der Waals surface area contributed by atoms with Crippen molar-refractivity contribution in [2.75, 3.05) is 26.2 Å². The van der Waals surface area contributed by atoms with Gasteiger partial charge in [0.25, 0.3) is 5.91 Å². The van der Waals surface area contributed by atoms with Gasteiger partial charge < -0.3 is 29.9 Å². The number of phenolic OH excluding ortho intramolecular Hbond substituents is 3. The van der Waals surface area contributed by atoms with Crippen LogP contribution in [0.25, 0.3) is 0 Å². The Morgan fingerprint density at radius 2 is 1.38 bits per heavy atom. The quantitative estimate of drug-likeness (QED) is 0.706. The Balaban J connectivity index is 1.59. The van der Waals surface area contributed by atoms with Crippen LogP contribution in [-0.2, 0) is 0 Å². The Morgan fingerprint density at radius 3 is 1.96 bits per heavy atom. The van der Waals surface area contributed by atoms with Crippen molar-refractivity contribution in [1.82, 2.24) is 9.80 Å². The molecule has 2 aromatic carbocycles. The Kier molecular flexibility index (Phi) is 4.83. The highest BCUT2D eigenvalue weighted by atomic mass is 16.6. The maximum atomic E-state index is 12.5. The van der Waals surface area contributed by atoms with Gasteiger partial charge in [-0.2, -0.15) is 0 Å². The number of phenols is 3. The summed E-state index contributed by atoms with van der Waals surface area (Å²) in [6.45, 7) is 1.16. The lowest BCUT2D eigenvalue weighted by molar-refractivity contribution is 0.0632. The Hall–Kier alpha value is -3.42. The third-order valence-corrected chi connectivity index (χ3v) is 4.09. The molecule has 0 bridgehead atoms. The molecule has 1 aliphatic rings. The van der Waals surface area contributed by atoms with E-state index in [0.717, 1.165) is 12.1 Å². The summed E-state index contributed by atoms with van der Waals surface area (Å²) in [6, 6.07) is 10.9. The molecule has 0 unspecified atom stereocenters. The van der Waals surface area contributed by atoms with Crippen LogP contribution in [0, 0.1) is 0 Å². The summed E-state index contributed by atoms with van der Waals surface area (Å²) in [5, 5.41) is 28.4. The lowest BCUT2D eigenvalue weighted by atomic mass is 10.1. The average Bonchev–Trinajstić information content (AvgIpc) is 2.66. The van der Waals surface area contributed by atoms with Gasteiger partial charge >= 0.3 is 6.09 Å². The van der Waals surface area contributed by atoms with Gasteiger partial charge in [0.05, 0.1) is 0 Å². The van der Waals surface area contributed by atoms with Crippen LogP contribution in [0.3, 0.4) is 0 Å². The molecule has 0 aromatic heterocycles. The molecule has 0 aliphatic carbocycles. The van der Waals surface area contributed by atoms with E-state index in [9.17, 15) is 24.9 Å². The van der Waals surface area contributed by atoms with Gasteiger partial charge in [0.1, 0.15) is 5.75 Å². The fraction of sp³-hybridized carbons (Fsp3) is 0.222. The van der Waals surface area contributed by atoms with Crippen LogP contribution in [-0.4, -0.2) is 63.3 Å². The fourth-order valence-corrected chi connectivity index (χ4v) is 2.66.